The topological polar surface area (TPSA) is 30.7 Å². The second-order valence-corrected chi connectivity index (χ2v) is 11.5. The lowest BCUT2D eigenvalue weighted by Gasteiger charge is -2.05. The van der Waals surface area contributed by atoms with E-state index >= 15 is 0 Å². The number of unbranched alkanes of at least 4 members (excludes halogenated alkanes) is 18. The fourth-order valence-corrected chi connectivity index (χ4v) is 5.94. The molecule has 0 saturated carbocycles. The summed E-state index contributed by atoms with van der Waals surface area (Å²) in [5.41, 5.74) is 0. The van der Waals surface area contributed by atoms with Gasteiger partial charge in [0.1, 0.15) is 0 Å². The highest BCUT2D eigenvalue weighted by atomic mass is 32.2. The normalized spacial score (nSPS) is 11.5. The molecule has 5 heteroatoms. The van der Waals surface area contributed by atoms with Crippen LogP contribution >= 0.6 is 23.5 Å². The van der Waals surface area contributed by atoms with Crippen molar-refractivity contribution in [1.82, 2.24) is 14.8 Å². The lowest BCUT2D eigenvalue weighted by molar-refractivity contribution is 0.563. The summed E-state index contributed by atoms with van der Waals surface area (Å²) in [5.74, 6) is 2.34. The summed E-state index contributed by atoms with van der Waals surface area (Å²) in [6.45, 7) is 4.58. The van der Waals surface area contributed by atoms with E-state index in [0.29, 0.717) is 0 Å². The minimum atomic E-state index is 1.09. The molecule has 1 aromatic rings. The average Bonchev–Trinajstić information content (AvgIpc) is 3.15. The van der Waals surface area contributed by atoms with Crippen molar-refractivity contribution < 1.29 is 0 Å². The quantitative estimate of drug-likeness (QED) is 0.108. The van der Waals surface area contributed by atoms with Gasteiger partial charge < -0.3 is 4.57 Å². The molecule has 188 valence electrons. The molecule has 0 aliphatic rings. The third-order valence-electron chi connectivity index (χ3n) is 6.25. The monoisotopic (exact) mass is 483 g/mol. The maximum atomic E-state index is 4.42. The first-order chi connectivity index (χ1) is 15.8. The predicted octanol–water partition coefficient (Wildman–Crippen LogP) is 9.84. The highest BCUT2D eigenvalue weighted by molar-refractivity contribution is 7.99. The van der Waals surface area contributed by atoms with Gasteiger partial charge in [0.05, 0.1) is 0 Å². The van der Waals surface area contributed by atoms with E-state index in [9.17, 15) is 0 Å². The number of hydrogen-bond donors (Lipinski definition) is 0. The summed E-state index contributed by atoms with van der Waals surface area (Å²) < 4.78 is 2.20. The van der Waals surface area contributed by atoms with Crippen molar-refractivity contribution in [3.05, 3.63) is 0 Å². The van der Waals surface area contributed by atoms with Crippen molar-refractivity contribution >= 4 is 23.5 Å². The third kappa shape index (κ3) is 16.5. The summed E-state index contributed by atoms with van der Waals surface area (Å²) in [4.78, 5) is 0. The van der Waals surface area contributed by atoms with E-state index in [0.717, 1.165) is 10.3 Å². The summed E-state index contributed by atoms with van der Waals surface area (Å²) in [6.07, 6.45) is 28.0. The van der Waals surface area contributed by atoms with Crippen LogP contribution in [0.2, 0.25) is 0 Å². The van der Waals surface area contributed by atoms with Gasteiger partial charge in [-0.25, -0.2) is 0 Å². The molecular formula is C27H53N3S2. The predicted molar refractivity (Wildman–Crippen MR) is 146 cm³/mol. The zero-order chi connectivity index (χ0) is 23.1. The van der Waals surface area contributed by atoms with Crippen LogP contribution in [0, 0.1) is 0 Å². The van der Waals surface area contributed by atoms with Crippen LogP contribution < -0.4 is 0 Å². The van der Waals surface area contributed by atoms with E-state index in [2.05, 4.69) is 35.7 Å². The summed E-state index contributed by atoms with van der Waals surface area (Å²) in [5, 5.41) is 11.0. The molecule has 0 amide bonds. The van der Waals surface area contributed by atoms with Gasteiger partial charge in [0.25, 0.3) is 0 Å². The van der Waals surface area contributed by atoms with Gasteiger partial charge in [-0.1, -0.05) is 153 Å². The van der Waals surface area contributed by atoms with E-state index in [4.69, 9.17) is 0 Å². The molecule has 0 unspecified atom stereocenters. The maximum Gasteiger partial charge on any atom is 0.191 e. The highest BCUT2D eigenvalue weighted by Gasteiger charge is 2.09. The molecule has 0 aliphatic carbocycles. The van der Waals surface area contributed by atoms with Crippen molar-refractivity contribution in [3.63, 3.8) is 0 Å². The van der Waals surface area contributed by atoms with Crippen molar-refractivity contribution in [2.75, 3.05) is 11.5 Å². The highest BCUT2D eigenvalue weighted by Crippen LogP contribution is 2.24. The van der Waals surface area contributed by atoms with Crippen molar-refractivity contribution in [2.24, 2.45) is 7.05 Å². The van der Waals surface area contributed by atoms with Crippen molar-refractivity contribution in [3.8, 4) is 0 Å². The lowest BCUT2D eigenvalue weighted by Crippen LogP contribution is -1.95. The second kappa shape index (κ2) is 22.6. The molecule has 3 nitrogen and oxygen atoms in total. The van der Waals surface area contributed by atoms with Crippen LogP contribution in [0.3, 0.4) is 0 Å². The molecule has 0 saturated heterocycles. The number of nitrogens with zero attached hydrogens (tertiary/aromatic N) is 3. The first kappa shape index (κ1) is 29.9. The summed E-state index contributed by atoms with van der Waals surface area (Å²) >= 11 is 3.76. The van der Waals surface area contributed by atoms with Crippen LogP contribution in [0.5, 0.6) is 0 Å². The number of rotatable bonds is 24. The zero-order valence-corrected chi connectivity index (χ0v) is 23.3. The number of hydrogen-bond acceptors (Lipinski definition) is 4. The van der Waals surface area contributed by atoms with Crippen molar-refractivity contribution in [2.45, 2.75) is 153 Å². The average molecular weight is 484 g/mol. The Kier molecular flexibility index (Phi) is 21.1. The first-order valence-corrected chi connectivity index (χ1v) is 15.9. The van der Waals surface area contributed by atoms with Gasteiger partial charge in [-0.3, -0.25) is 0 Å². The fourth-order valence-electron chi connectivity index (χ4n) is 4.06. The largest absolute Gasteiger partial charge is 0.300 e. The molecule has 0 aliphatic heterocycles. The minimum Gasteiger partial charge on any atom is -0.300 e. The molecule has 32 heavy (non-hydrogen) atoms. The van der Waals surface area contributed by atoms with Crippen molar-refractivity contribution in [1.29, 1.82) is 0 Å². The Morgan fingerprint density at radius 3 is 1.06 bits per heavy atom. The Balaban J connectivity index is 1.95. The van der Waals surface area contributed by atoms with Gasteiger partial charge in [-0.15, -0.1) is 10.2 Å². The minimum absolute atomic E-state index is 1.09. The Hall–Kier alpha value is -0.160. The van der Waals surface area contributed by atoms with Gasteiger partial charge >= 0.3 is 0 Å². The second-order valence-electron chi connectivity index (χ2n) is 9.39. The molecule has 0 N–H and O–H groups in total. The smallest absolute Gasteiger partial charge is 0.191 e. The van der Waals surface area contributed by atoms with E-state index in [1.807, 2.05) is 23.5 Å². The van der Waals surface area contributed by atoms with Crippen LogP contribution in [-0.4, -0.2) is 26.3 Å². The first-order valence-electron chi connectivity index (χ1n) is 13.9. The van der Waals surface area contributed by atoms with Crippen LogP contribution in [0.15, 0.2) is 10.3 Å². The molecule has 0 atom stereocenters. The number of thioether (sulfide) groups is 2. The fraction of sp³-hybridized carbons (Fsp3) is 0.926. The Morgan fingerprint density at radius 2 is 0.750 bits per heavy atom. The summed E-state index contributed by atoms with van der Waals surface area (Å²) in [7, 11) is 2.13. The Morgan fingerprint density at radius 1 is 0.469 bits per heavy atom. The maximum absolute atomic E-state index is 4.42. The molecule has 0 spiro atoms. The number of aromatic nitrogens is 3. The van der Waals surface area contributed by atoms with E-state index in [1.54, 1.807) is 0 Å². The van der Waals surface area contributed by atoms with E-state index in [-0.39, 0.29) is 0 Å². The molecule has 1 rings (SSSR count). The molecule has 0 bridgehead atoms. The summed E-state index contributed by atoms with van der Waals surface area (Å²) in [6, 6.07) is 0. The van der Waals surface area contributed by atoms with Gasteiger partial charge in [-0.05, 0) is 12.8 Å². The molecule has 0 aromatic carbocycles. The van der Waals surface area contributed by atoms with Crippen LogP contribution in [-0.2, 0) is 7.05 Å². The molecule has 1 aromatic heterocycles. The van der Waals surface area contributed by atoms with Crippen LogP contribution in [0.4, 0.5) is 0 Å². The zero-order valence-electron chi connectivity index (χ0n) is 21.7. The standard InChI is InChI=1S/C27H53N3S2/c1-4-6-8-10-12-14-16-18-20-22-24-31-26-28-29-27(30(26)3)32-25-23-21-19-17-15-13-11-9-7-5-2/h4-25H2,1-3H3. The van der Waals surface area contributed by atoms with Gasteiger partial charge in [0.2, 0.25) is 0 Å². The third-order valence-corrected chi connectivity index (χ3v) is 8.47. The molecule has 0 radical (unpaired) electrons. The SMILES string of the molecule is CCCCCCCCCCCCSc1nnc(SCCCCCCCCCCCC)n1C. The molecular weight excluding hydrogens is 430 g/mol. The van der Waals surface area contributed by atoms with Crippen LogP contribution in [0.1, 0.15) is 142 Å². The molecule has 1 heterocycles. The van der Waals surface area contributed by atoms with E-state index < -0.39 is 0 Å². The van der Waals surface area contributed by atoms with Gasteiger partial charge in [0.15, 0.2) is 10.3 Å². The van der Waals surface area contributed by atoms with Gasteiger partial charge in [-0.2, -0.15) is 0 Å². The van der Waals surface area contributed by atoms with E-state index in [1.165, 1.54) is 140 Å². The van der Waals surface area contributed by atoms with Gasteiger partial charge in [0, 0.05) is 18.6 Å². The Labute approximate surface area is 209 Å². The van der Waals surface area contributed by atoms with Crippen LogP contribution in [0.25, 0.3) is 0 Å². The molecule has 0 fully saturated rings. The Bertz CT molecular complexity index is 475. The lowest BCUT2D eigenvalue weighted by atomic mass is 10.1.